The monoisotopic (exact) mass is 217 g/mol. The van der Waals surface area contributed by atoms with Crippen molar-refractivity contribution in [2.45, 2.75) is 6.54 Å². The molecule has 5 nitrogen and oxygen atoms in total. The first-order valence-corrected chi connectivity index (χ1v) is 5.31. The van der Waals surface area contributed by atoms with Gasteiger partial charge in [0.05, 0.1) is 25.5 Å². The zero-order valence-electron chi connectivity index (χ0n) is 7.90. The van der Waals surface area contributed by atoms with Crippen LogP contribution in [0.15, 0.2) is 5.38 Å². The van der Waals surface area contributed by atoms with Gasteiger partial charge in [0.15, 0.2) is 5.13 Å². The fraction of sp³-hybridized carbons (Fsp3) is 0.625. The molecule has 80 valence electrons. The summed E-state index contributed by atoms with van der Waals surface area (Å²) >= 11 is 1.53. The fourth-order valence-electron chi connectivity index (χ4n) is 0.879. The average molecular weight is 217 g/mol. The van der Waals surface area contributed by atoms with E-state index in [1.165, 1.54) is 11.3 Å². The minimum absolute atomic E-state index is 0.0641. The highest BCUT2D eigenvalue weighted by atomic mass is 32.1. The Kier molecular flexibility index (Phi) is 5.46. The van der Waals surface area contributed by atoms with Gasteiger partial charge in [-0.3, -0.25) is 0 Å². The number of hydrogen-bond acceptors (Lipinski definition) is 6. The van der Waals surface area contributed by atoms with Crippen LogP contribution >= 0.6 is 11.3 Å². The topological polar surface area (TPSA) is 80.4 Å². The van der Waals surface area contributed by atoms with Gasteiger partial charge in [0.25, 0.3) is 0 Å². The average Bonchev–Trinajstić information content (AvgIpc) is 2.65. The predicted octanol–water partition coefficient (Wildman–Crippen LogP) is 0.0226. The van der Waals surface area contributed by atoms with Gasteiger partial charge in [-0.1, -0.05) is 0 Å². The lowest BCUT2D eigenvalue weighted by Gasteiger charge is -2.02. The van der Waals surface area contributed by atoms with Gasteiger partial charge in [-0.2, -0.15) is 0 Å². The Labute approximate surface area is 86.9 Å². The van der Waals surface area contributed by atoms with Crippen molar-refractivity contribution in [2.75, 3.05) is 31.7 Å². The van der Waals surface area contributed by atoms with Crippen LogP contribution in [0.5, 0.6) is 0 Å². The molecule has 4 N–H and O–H groups in total. The molecule has 0 saturated heterocycles. The van der Waals surface area contributed by atoms with Crippen molar-refractivity contribution in [3.8, 4) is 0 Å². The third-order valence-corrected chi connectivity index (χ3v) is 2.37. The van der Waals surface area contributed by atoms with Gasteiger partial charge in [-0.25, -0.2) is 4.98 Å². The van der Waals surface area contributed by atoms with Gasteiger partial charge < -0.3 is 20.9 Å². The molecule has 0 fully saturated rings. The Morgan fingerprint density at radius 3 is 3.07 bits per heavy atom. The van der Waals surface area contributed by atoms with Crippen LogP contribution in [0.1, 0.15) is 5.69 Å². The number of nitrogens with one attached hydrogen (secondary N) is 1. The zero-order valence-corrected chi connectivity index (χ0v) is 8.72. The number of nitrogens with zero attached hydrogens (tertiary/aromatic N) is 1. The summed E-state index contributed by atoms with van der Waals surface area (Å²) in [4.78, 5) is 4.22. The molecule has 0 spiro atoms. The van der Waals surface area contributed by atoms with Gasteiger partial charge in [0.2, 0.25) is 0 Å². The maximum absolute atomic E-state index is 8.45. The second kappa shape index (κ2) is 6.72. The van der Waals surface area contributed by atoms with E-state index >= 15 is 0 Å². The summed E-state index contributed by atoms with van der Waals surface area (Å²) in [6.07, 6.45) is 0. The van der Waals surface area contributed by atoms with E-state index in [4.69, 9.17) is 15.6 Å². The molecule has 6 heteroatoms. The quantitative estimate of drug-likeness (QED) is 0.561. The molecule has 0 unspecified atom stereocenters. The smallest absolute Gasteiger partial charge is 0.182 e. The first kappa shape index (κ1) is 11.4. The molecule has 0 radical (unpaired) electrons. The number of hydrogen-bond donors (Lipinski definition) is 3. The van der Waals surface area contributed by atoms with E-state index in [0.29, 0.717) is 26.3 Å². The maximum Gasteiger partial charge on any atom is 0.182 e. The van der Waals surface area contributed by atoms with E-state index in [1.54, 1.807) is 0 Å². The zero-order chi connectivity index (χ0) is 10.2. The standard InChI is InChI=1S/C8H15N3O2S/c9-5-7-6-14-8(11-7)10-1-3-13-4-2-12/h6,12H,1-5,9H2,(H,10,11). The molecule has 0 aliphatic rings. The highest BCUT2D eigenvalue weighted by Crippen LogP contribution is 2.13. The van der Waals surface area contributed by atoms with Crippen LogP contribution in [0.4, 0.5) is 5.13 Å². The Morgan fingerprint density at radius 1 is 1.57 bits per heavy atom. The number of rotatable bonds is 7. The summed E-state index contributed by atoms with van der Waals surface area (Å²) in [6.45, 7) is 2.18. The van der Waals surface area contributed by atoms with Crippen LogP contribution in [0.25, 0.3) is 0 Å². The van der Waals surface area contributed by atoms with Crippen molar-refractivity contribution in [3.05, 3.63) is 11.1 Å². The molecular weight excluding hydrogens is 202 g/mol. The third kappa shape index (κ3) is 4.01. The minimum atomic E-state index is 0.0641. The highest BCUT2D eigenvalue weighted by Gasteiger charge is 1.98. The van der Waals surface area contributed by atoms with Crippen molar-refractivity contribution < 1.29 is 9.84 Å². The summed E-state index contributed by atoms with van der Waals surface area (Å²) in [5, 5.41) is 14.3. The Bertz CT molecular complexity index is 254. The summed E-state index contributed by atoms with van der Waals surface area (Å²) in [6, 6.07) is 0. The highest BCUT2D eigenvalue weighted by molar-refractivity contribution is 7.13. The predicted molar refractivity (Wildman–Crippen MR) is 56.4 cm³/mol. The van der Waals surface area contributed by atoms with Crippen molar-refractivity contribution in [1.82, 2.24) is 4.98 Å². The van der Waals surface area contributed by atoms with E-state index in [2.05, 4.69) is 10.3 Å². The number of aromatic nitrogens is 1. The summed E-state index contributed by atoms with van der Waals surface area (Å²) in [5.74, 6) is 0. The van der Waals surface area contributed by atoms with Crippen LogP contribution in [0, 0.1) is 0 Å². The molecule has 0 aliphatic carbocycles. The maximum atomic E-state index is 8.45. The number of aliphatic hydroxyl groups is 1. The lowest BCUT2D eigenvalue weighted by molar-refractivity contribution is 0.0992. The molecule has 0 saturated carbocycles. The molecular formula is C8H15N3O2S. The van der Waals surface area contributed by atoms with Crippen LogP contribution < -0.4 is 11.1 Å². The van der Waals surface area contributed by atoms with Gasteiger partial charge in [0, 0.05) is 18.5 Å². The Balaban J connectivity index is 2.12. The normalized spacial score (nSPS) is 10.4. The van der Waals surface area contributed by atoms with Gasteiger partial charge >= 0.3 is 0 Å². The van der Waals surface area contributed by atoms with Crippen molar-refractivity contribution in [1.29, 1.82) is 0 Å². The Morgan fingerprint density at radius 2 is 2.43 bits per heavy atom. The molecule has 0 aliphatic heterocycles. The molecule has 0 amide bonds. The van der Waals surface area contributed by atoms with Crippen molar-refractivity contribution >= 4 is 16.5 Å². The molecule has 0 atom stereocenters. The van der Waals surface area contributed by atoms with E-state index in [-0.39, 0.29) is 6.61 Å². The summed E-state index contributed by atoms with van der Waals surface area (Å²) in [7, 11) is 0. The first-order valence-electron chi connectivity index (χ1n) is 4.43. The van der Waals surface area contributed by atoms with Crippen LogP contribution in [0.2, 0.25) is 0 Å². The number of ether oxygens (including phenoxy) is 1. The van der Waals surface area contributed by atoms with E-state index in [0.717, 1.165) is 10.8 Å². The fourth-order valence-corrected chi connectivity index (χ4v) is 1.63. The van der Waals surface area contributed by atoms with E-state index in [9.17, 15) is 0 Å². The molecule has 0 aromatic carbocycles. The second-order valence-electron chi connectivity index (χ2n) is 2.61. The molecule has 1 heterocycles. The van der Waals surface area contributed by atoms with Crippen LogP contribution in [-0.4, -0.2) is 36.5 Å². The van der Waals surface area contributed by atoms with Gasteiger partial charge in [-0.05, 0) is 0 Å². The summed E-state index contributed by atoms with van der Waals surface area (Å²) < 4.78 is 5.08. The molecule has 1 aromatic heterocycles. The SMILES string of the molecule is NCc1csc(NCCOCCO)n1. The van der Waals surface area contributed by atoms with E-state index < -0.39 is 0 Å². The van der Waals surface area contributed by atoms with Crippen molar-refractivity contribution in [3.63, 3.8) is 0 Å². The number of anilines is 1. The molecule has 0 bridgehead atoms. The van der Waals surface area contributed by atoms with E-state index in [1.807, 2.05) is 5.38 Å². The van der Waals surface area contributed by atoms with Gasteiger partial charge in [0.1, 0.15) is 0 Å². The Hall–Kier alpha value is -0.690. The minimum Gasteiger partial charge on any atom is -0.394 e. The largest absolute Gasteiger partial charge is 0.394 e. The summed E-state index contributed by atoms with van der Waals surface area (Å²) in [5.41, 5.74) is 6.32. The third-order valence-electron chi connectivity index (χ3n) is 1.52. The first-order chi connectivity index (χ1) is 6.86. The van der Waals surface area contributed by atoms with Crippen LogP contribution in [0.3, 0.4) is 0 Å². The molecule has 1 aromatic rings. The van der Waals surface area contributed by atoms with Crippen molar-refractivity contribution in [2.24, 2.45) is 5.73 Å². The van der Waals surface area contributed by atoms with Crippen LogP contribution in [-0.2, 0) is 11.3 Å². The van der Waals surface area contributed by atoms with Gasteiger partial charge in [-0.15, -0.1) is 11.3 Å². The molecule has 14 heavy (non-hydrogen) atoms. The number of nitrogens with two attached hydrogens (primary N) is 1. The number of aliphatic hydroxyl groups excluding tert-OH is 1. The molecule has 1 rings (SSSR count). The lowest BCUT2D eigenvalue weighted by Crippen LogP contribution is -2.11. The lowest BCUT2D eigenvalue weighted by atomic mass is 10.5. The second-order valence-corrected chi connectivity index (χ2v) is 3.47. The number of thiazole rings is 1.